The zero-order valence-corrected chi connectivity index (χ0v) is 20.4. The molecule has 0 bridgehead atoms. The number of hydrogen-bond acceptors (Lipinski definition) is 1. The maximum atomic E-state index is 13.9. The van der Waals surface area contributed by atoms with Crippen molar-refractivity contribution in [1.29, 1.82) is 0 Å². The van der Waals surface area contributed by atoms with Crippen LogP contribution in [0.1, 0.15) is 33.3 Å². The van der Waals surface area contributed by atoms with Crippen molar-refractivity contribution in [3.05, 3.63) is 41.1 Å². The van der Waals surface area contributed by atoms with E-state index in [0.29, 0.717) is 5.41 Å². The Labute approximate surface area is 152 Å². The summed E-state index contributed by atoms with van der Waals surface area (Å²) in [5.41, 5.74) is 0.962. The zero-order valence-electron chi connectivity index (χ0n) is 17.4. The lowest BCUT2D eigenvalue weighted by atomic mass is 9.99. The molecule has 0 aromatic heterocycles. The molecule has 0 fully saturated rings. The van der Waals surface area contributed by atoms with Crippen LogP contribution in [0.5, 0.6) is 0 Å². The average Bonchev–Trinajstić information content (AvgIpc) is 2.35. The normalized spacial score (nSPS) is 14.7. The standard InChI is InChI=1S/C20H36OSi3/c1-17(16-18-14-12-11-13-15-18)24(22(5,6)7,23(8,9)10)19(21)20(2,3)4/h11-16H,1-10H3. The fourth-order valence-corrected chi connectivity index (χ4v) is 53.4. The van der Waals surface area contributed by atoms with Crippen LogP contribution < -0.4 is 0 Å². The summed E-state index contributed by atoms with van der Waals surface area (Å²) in [6, 6.07) is 10.5. The Morgan fingerprint density at radius 2 is 1.29 bits per heavy atom. The largest absolute Gasteiger partial charge is 0.305 e. The fourth-order valence-electron chi connectivity index (χ4n) is 4.64. The van der Waals surface area contributed by atoms with E-state index in [1.54, 1.807) is 0 Å². The summed E-state index contributed by atoms with van der Waals surface area (Å²) < 4.78 is 0. The SMILES string of the molecule is CC(=Cc1ccccc1)[Si](C(=O)C(C)(C)C)([Si](C)(C)C)[Si](C)(C)C. The van der Waals surface area contributed by atoms with Gasteiger partial charge in [-0.2, -0.15) is 0 Å². The van der Waals surface area contributed by atoms with Gasteiger partial charge >= 0.3 is 0 Å². The van der Waals surface area contributed by atoms with Crippen LogP contribution in [0.3, 0.4) is 0 Å². The quantitative estimate of drug-likeness (QED) is 0.570. The van der Waals surface area contributed by atoms with Crippen molar-refractivity contribution < 1.29 is 4.79 Å². The first-order chi connectivity index (χ1) is 10.7. The lowest BCUT2D eigenvalue weighted by Crippen LogP contribution is -2.79. The molecule has 24 heavy (non-hydrogen) atoms. The molecule has 0 radical (unpaired) electrons. The summed E-state index contributed by atoms with van der Waals surface area (Å²) in [7, 11) is -5.58. The molecule has 0 aliphatic rings. The van der Waals surface area contributed by atoms with E-state index in [1.165, 1.54) is 10.8 Å². The highest BCUT2D eigenvalue weighted by molar-refractivity contribution is 7.79. The number of carbonyl (C=O) groups excluding carboxylic acids is 1. The predicted octanol–water partition coefficient (Wildman–Crippen LogP) is 6.07. The molecule has 0 aliphatic heterocycles. The van der Waals surface area contributed by atoms with Gasteiger partial charge in [0.2, 0.25) is 0 Å². The summed E-state index contributed by atoms with van der Waals surface area (Å²) >= 11 is 0. The third kappa shape index (κ3) is 3.92. The summed E-state index contributed by atoms with van der Waals surface area (Å²) in [5, 5.41) is 1.99. The molecule has 0 unspecified atom stereocenters. The minimum atomic E-state index is -2.22. The summed E-state index contributed by atoms with van der Waals surface area (Å²) in [4.78, 5) is 13.9. The Morgan fingerprint density at radius 1 is 0.875 bits per heavy atom. The van der Waals surface area contributed by atoms with Crippen LogP contribution in [0.15, 0.2) is 35.5 Å². The van der Waals surface area contributed by atoms with Crippen LogP contribution in [-0.4, -0.2) is 27.7 Å². The molecule has 0 amide bonds. The monoisotopic (exact) mass is 376 g/mol. The molecule has 0 saturated carbocycles. The smallest absolute Gasteiger partial charge is 0.143 e. The molecule has 0 aliphatic carbocycles. The highest BCUT2D eigenvalue weighted by Crippen LogP contribution is 2.41. The number of carbonyl (C=O) groups is 1. The number of rotatable bonds is 5. The van der Waals surface area contributed by atoms with E-state index >= 15 is 0 Å². The van der Waals surface area contributed by atoms with E-state index in [1.807, 2.05) is 0 Å². The minimum Gasteiger partial charge on any atom is -0.305 e. The Morgan fingerprint density at radius 3 is 1.62 bits per heavy atom. The fraction of sp³-hybridized carbons (Fsp3) is 0.550. The second kappa shape index (κ2) is 6.89. The van der Waals surface area contributed by atoms with Gasteiger partial charge in [0.15, 0.2) is 0 Å². The van der Waals surface area contributed by atoms with Gasteiger partial charge in [0.05, 0.1) is 0 Å². The van der Waals surface area contributed by atoms with Gasteiger partial charge in [0, 0.05) is 20.6 Å². The van der Waals surface area contributed by atoms with Gasteiger partial charge in [-0.25, -0.2) is 0 Å². The maximum absolute atomic E-state index is 13.9. The molecule has 1 aromatic rings. The third-order valence-corrected chi connectivity index (χ3v) is 43.0. The molecule has 0 spiro atoms. The molecule has 0 N–H and O–H groups in total. The Bertz CT molecular complexity index is 597. The van der Waals surface area contributed by atoms with Gasteiger partial charge < -0.3 is 4.79 Å². The van der Waals surface area contributed by atoms with Crippen molar-refractivity contribution in [2.45, 2.75) is 67.0 Å². The van der Waals surface area contributed by atoms with Crippen molar-refractivity contribution in [2.24, 2.45) is 5.41 Å². The molecule has 0 saturated heterocycles. The number of hydrogen-bond donors (Lipinski definition) is 0. The lowest BCUT2D eigenvalue weighted by Gasteiger charge is -2.52. The highest BCUT2D eigenvalue weighted by Gasteiger charge is 2.62. The molecule has 134 valence electrons. The average molecular weight is 377 g/mol. The van der Waals surface area contributed by atoms with E-state index in [-0.39, 0.29) is 5.41 Å². The van der Waals surface area contributed by atoms with Crippen LogP contribution >= 0.6 is 0 Å². The molecular weight excluding hydrogens is 340 g/mol. The van der Waals surface area contributed by atoms with Crippen molar-refractivity contribution in [1.82, 2.24) is 0 Å². The molecule has 0 heterocycles. The third-order valence-electron chi connectivity index (χ3n) is 5.05. The molecule has 1 nitrogen and oxygen atoms in total. The van der Waals surface area contributed by atoms with E-state index < -0.39 is 22.3 Å². The lowest BCUT2D eigenvalue weighted by molar-refractivity contribution is -0.118. The minimum absolute atomic E-state index is 0.265. The van der Waals surface area contributed by atoms with Crippen LogP contribution in [0.4, 0.5) is 0 Å². The number of benzene rings is 1. The van der Waals surface area contributed by atoms with Crippen molar-refractivity contribution >= 4 is 33.8 Å². The highest BCUT2D eigenvalue weighted by atomic mass is 29.6. The summed E-state index contributed by atoms with van der Waals surface area (Å²) in [6.45, 7) is 23.2. The van der Waals surface area contributed by atoms with Crippen LogP contribution in [0, 0.1) is 5.41 Å². The zero-order chi connectivity index (χ0) is 19.0. The summed E-state index contributed by atoms with van der Waals surface area (Å²) in [6.07, 6.45) is 2.33. The van der Waals surface area contributed by atoms with E-state index in [0.717, 1.165) is 0 Å². The van der Waals surface area contributed by atoms with Gasteiger partial charge in [-0.3, -0.25) is 0 Å². The van der Waals surface area contributed by atoms with Crippen LogP contribution in [0.25, 0.3) is 6.08 Å². The molecular formula is C20H36OSi3. The van der Waals surface area contributed by atoms with Crippen molar-refractivity contribution in [3.63, 3.8) is 0 Å². The maximum Gasteiger partial charge on any atom is 0.143 e. The first-order valence-corrected chi connectivity index (χ1v) is 19.9. The van der Waals surface area contributed by atoms with Gasteiger partial charge in [-0.05, 0) is 12.5 Å². The Balaban J connectivity index is 3.77. The van der Waals surface area contributed by atoms with Crippen molar-refractivity contribution in [2.75, 3.05) is 0 Å². The number of allylic oxidation sites excluding steroid dienone is 1. The first-order valence-electron chi connectivity index (χ1n) is 8.94. The molecule has 4 heteroatoms. The van der Waals surface area contributed by atoms with Gasteiger partial charge in [0.1, 0.15) is 12.5 Å². The van der Waals surface area contributed by atoms with Gasteiger partial charge in [-0.15, -0.1) is 0 Å². The predicted molar refractivity (Wildman–Crippen MR) is 117 cm³/mol. The van der Waals surface area contributed by atoms with E-state index in [9.17, 15) is 4.79 Å². The van der Waals surface area contributed by atoms with E-state index in [2.05, 4.69) is 103 Å². The van der Waals surface area contributed by atoms with Gasteiger partial charge in [-0.1, -0.05) is 102 Å². The molecule has 1 aromatic carbocycles. The van der Waals surface area contributed by atoms with Crippen molar-refractivity contribution in [3.8, 4) is 0 Å². The van der Waals surface area contributed by atoms with Crippen LogP contribution in [-0.2, 0) is 4.79 Å². The Hall–Kier alpha value is -0.719. The summed E-state index contributed by atoms with van der Waals surface area (Å²) in [5.74, 6) is 0. The van der Waals surface area contributed by atoms with E-state index in [4.69, 9.17) is 0 Å². The Kier molecular flexibility index (Phi) is 6.12. The molecule has 1 rings (SSSR count). The second-order valence-corrected chi connectivity index (χ2v) is 36.8. The molecule has 0 atom stereocenters. The first kappa shape index (κ1) is 21.3. The second-order valence-electron chi connectivity index (χ2n) is 10.1. The van der Waals surface area contributed by atoms with Gasteiger partial charge in [0.25, 0.3) is 0 Å². The van der Waals surface area contributed by atoms with Crippen LogP contribution in [0.2, 0.25) is 39.3 Å². The topological polar surface area (TPSA) is 17.1 Å².